The van der Waals surface area contributed by atoms with E-state index in [1.54, 1.807) is 31.5 Å². The molecule has 5 heteroatoms. The Morgan fingerprint density at radius 1 is 1.41 bits per heavy atom. The van der Waals surface area contributed by atoms with Crippen LogP contribution in [0.2, 0.25) is 0 Å². The highest BCUT2D eigenvalue weighted by Crippen LogP contribution is 2.30. The van der Waals surface area contributed by atoms with Crippen molar-refractivity contribution in [2.45, 2.75) is 32.5 Å². The number of ketones is 1. The van der Waals surface area contributed by atoms with Crippen LogP contribution < -0.4 is 4.74 Å². The number of carbonyl (C=O) groups is 1. The topological polar surface area (TPSA) is 59.4 Å². The number of halogens is 1. The standard InChI is InChI=1S/C17H18BrNO3/c1-11(20)8-17(13-4-3-7-19-10-13)22-16-6-5-14(18)9-15(16)12(2)21/h3-7,9-11,17,20H,8H2,1-2H3. The van der Waals surface area contributed by atoms with Crippen LogP contribution in [0.3, 0.4) is 0 Å². The summed E-state index contributed by atoms with van der Waals surface area (Å²) >= 11 is 3.36. The molecule has 0 aliphatic rings. The molecule has 2 unspecified atom stereocenters. The minimum Gasteiger partial charge on any atom is -0.485 e. The maximum atomic E-state index is 11.8. The number of ether oxygens (including phenoxy) is 1. The summed E-state index contributed by atoms with van der Waals surface area (Å²) in [5, 5.41) is 9.71. The average molecular weight is 364 g/mol. The summed E-state index contributed by atoms with van der Waals surface area (Å²) in [6.45, 7) is 3.21. The molecule has 0 saturated carbocycles. The molecule has 0 spiro atoms. The average Bonchev–Trinajstić information content (AvgIpc) is 2.48. The second-order valence-electron chi connectivity index (χ2n) is 5.17. The van der Waals surface area contributed by atoms with Gasteiger partial charge in [0.15, 0.2) is 5.78 Å². The van der Waals surface area contributed by atoms with E-state index in [0.29, 0.717) is 17.7 Å². The highest BCUT2D eigenvalue weighted by Gasteiger charge is 2.19. The van der Waals surface area contributed by atoms with Gasteiger partial charge in [0.05, 0.1) is 11.7 Å². The molecule has 0 fully saturated rings. The molecule has 2 atom stereocenters. The summed E-state index contributed by atoms with van der Waals surface area (Å²) in [6, 6.07) is 9.03. The first kappa shape index (κ1) is 16.6. The van der Waals surface area contributed by atoms with Gasteiger partial charge < -0.3 is 9.84 Å². The zero-order chi connectivity index (χ0) is 16.1. The van der Waals surface area contributed by atoms with E-state index in [9.17, 15) is 9.90 Å². The normalized spacial score (nSPS) is 13.5. The molecule has 0 saturated heterocycles. The van der Waals surface area contributed by atoms with E-state index in [1.807, 2.05) is 18.2 Å². The van der Waals surface area contributed by atoms with Crippen LogP contribution in [0.25, 0.3) is 0 Å². The Bertz CT molecular complexity index is 644. The molecule has 0 amide bonds. The molecule has 2 aromatic rings. The fourth-order valence-electron chi connectivity index (χ4n) is 2.16. The van der Waals surface area contributed by atoms with E-state index in [4.69, 9.17) is 4.74 Å². The third-order valence-corrected chi connectivity index (χ3v) is 3.69. The minimum atomic E-state index is -0.526. The number of aliphatic hydroxyl groups is 1. The van der Waals surface area contributed by atoms with E-state index >= 15 is 0 Å². The van der Waals surface area contributed by atoms with Gasteiger partial charge in [-0.05, 0) is 38.1 Å². The maximum absolute atomic E-state index is 11.8. The first-order valence-electron chi connectivity index (χ1n) is 7.02. The van der Waals surface area contributed by atoms with Gasteiger partial charge in [-0.2, -0.15) is 0 Å². The van der Waals surface area contributed by atoms with E-state index in [1.165, 1.54) is 6.92 Å². The van der Waals surface area contributed by atoms with Gasteiger partial charge in [-0.25, -0.2) is 0 Å². The number of hydrogen-bond acceptors (Lipinski definition) is 4. The Labute approximate surface area is 138 Å². The molecule has 1 aromatic heterocycles. The van der Waals surface area contributed by atoms with Crippen LogP contribution >= 0.6 is 15.9 Å². The molecule has 0 bridgehead atoms. The maximum Gasteiger partial charge on any atom is 0.163 e. The summed E-state index contributed by atoms with van der Waals surface area (Å²) in [5.74, 6) is 0.434. The molecule has 2 rings (SSSR count). The van der Waals surface area contributed by atoms with Gasteiger partial charge in [-0.1, -0.05) is 22.0 Å². The van der Waals surface area contributed by atoms with Gasteiger partial charge in [-0.3, -0.25) is 9.78 Å². The van der Waals surface area contributed by atoms with Crippen LogP contribution in [-0.4, -0.2) is 22.0 Å². The van der Waals surface area contributed by atoms with E-state index in [0.717, 1.165) is 10.0 Å². The van der Waals surface area contributed by atoms with Crippen molar-refractivity contribution in [1.82, 2.24) is 4.98 Å². The van der Waals surface area contributed by atoms with Crippen LogP contribution in [-0.2, 0) is 0 Å². The molecular formula is C17H18BrNO3. The van der Waals surface area contributed by atoms with E-state index in [2.05, 4.69) is 20.9 Å². The van der Waals surface area contributed by atoms with Crippen LogP contribution in [0.4, 0.5) is 0 Å². The van der Waals surface area contributed by atoms with Gasteiger partial charge in [0, 0.05) is 28.9 Å². The zero-order valence-corrected chi connectivity index (χ0v) is 14.1. The molecule has 22 heavy (non-hydrogen) atoms. The number of carbonyl (C=O) groups excluding carboxylic acids is 1. The number of hydrogen-bond donors (Lipinski definition) is 1. The Balaban J connectivity index is 2.33. The molecule has 4 nitrogen and oxygen atoms in total. The van der Waals surface area contributed by atoms with Crippen molar-refractivity contribution in [2.24, 2.45) is 0 Å². The molecule has 0 aliphatic heterocycles. The quantitative estimate of drug-likeness (QED) is 0.789. The van der Waals surface area contributed by atoms with Crippen LogP contribution in [0.15, 0.2) is 47.2 Å². The highest BCUT2D eigenvalue weighted by molar-refractivity contribution is 9.10. The van der Waals surface area contributed by atoms with Crippen molar-refractivity contribution >= 4 is 21.7 Å². The third kappa shape index (κ3) is 4.39. The SMILES string of the molecule is CC(=O)c1cc(Br)ccc1OC(CC(C)O)c1cccnc1. The molecule has 1 aromatic carbocycles. The van der Waals surface area contributed by atoms with Crippen molar-refractivity contribution in [1.29, 1.82) is 0 Å². The van der Waals surface area contributed by atoms with Crippen LogP contribution in [0.1, 0.15) is 42.3 Å². The molecule has 0 aliphatic carbocycles. The first-order chi connectivity index (χ1) is 10.5. The van der Waals surface area contributed by atoms with Crippen LogP contribution in [0, 0.1) is 0 Å². The van der Waals surface area contributed by atoms with Crippen molar-refractivity contribution in [3.63, 3.8) is 0 Å². The Morgan fingerprint density at radius 2 is 2.18 bits per heavy atom. The largest absolute Gasteiger partial charge is 0.485 e. The number of rotatable bonds is 6. The fraction of sp³-hybridized carbons (Fsp3) is 0.294. The molecule has 1 N–H and O–H groups in total. The number of benzene rings is 1. The predicted octanol–water partition coefficient (Wildman–Crippen LogP) is 3.94. The summed E-state index contributed by atoms with van der Waals surface area (Å²) in [6.07, 6.45) is 2.91. The second-order valence-corrected chi connectivity index (χ2v) is 6.09. The van der Waals surface area contributed by atoms with Gasteiger partial charge in [0.1, 0.15) is 11.9 Å². The summed E-state index contributed by atoms with van der Waals surface area (Å²) in [7, 11) is 0. The highest BCUT2D eigenvalue weighted by atomic mass is 79.9. The summed E-state index contributed by atoms with van der Waals surface area (Å²) in [5.41, 5.74) is 1.37. The number of aromatic nitrogens is 1. The van der Waals surface area contributed by atoms with Gasteiger partial charge in [0.25, 0.3) is 0 Å². The molecule has 1 heterocycles. The number of pyridine rings is 1. The number of aliphatic hydroxyl groups excluding tert-OH is 1. The lowest BCUT2D eigenvalue weighted by atomic mass is 10.1. The van der Waals surface area contributed by atoms with Crippen molar-refractivity contribution in [2.75, 3.05) is 0 Å². The smallest absolute Gasteiger partial charge is 0.163 e. The minimum absolute atomic E-state index is 0.0710. The number of Topliss-reactive ketones (excluding diaryl/α,β-unsaturated/α-hetero) is 1. The van der Waals surface area contributed by atoms with Gasteiger partial charge in [0.2, 0.25) is 0 Å². The van der Waals surface area contributed by atoms with Crippen molar-refractivity contribution in [3.8, 4) is 5.75 Å². The zero-order valence-electron chi connectivity index (χ0n) is 12.5. The summed E-state index contributed by atoms with van der Waals surface area (Å²) < 4.78 is 6.84. The lowest BCUT2D eigenvalue weighted by molar-refractivity contribution is 0.0973. The van der Waals surface area contributed by atoms with E-state index < -0.39 is 6.10 Å². The van der Waals surface area contributed by atoms with Crippen molar-refractivity contribution < 1.29 is 14.6 Å². The Morgan fingerprint density at radius 3 is 2.77 bits per heavy atom. The third-order valence-electron chi connectivity index (χ3n) is 3.20. The second kappa shape index (κ2) is 7.51. The molecular weight excluding hydrogens is 346 g/mol. The monoisotopic (exact) mass is 363 g/mol. The molecule has 0 radical (unpaired) electrons. The predicted molar refractivity (Wildman–Crippen MR) is 88.1 cm³/mol. The van der Waals surface area contributed by atoms with E-state index in [-0.39, 0.29) is 11.9 Å². The Hall–Kier alpha value is -1.72. The number of nitrogens with zero attached hydrogens (tertiary/aromatic N) is 1. The van der Waals surface area contributed by atoms with Gasteiger partial charge >= 0.3 is 0 Å². The first-order valence-corrected chi connectivity index (χ1v) is 7.82. The van der Waals surface area contributed by atoms with Gasteiger partial charge in [-0.15, -0.1) is 0 Å². The van der Waals surface area contributed by atoms with Crippen molar-refractivity contribution in [3.05, 3.63) is 58.3 Å². The fourth-order valence-corrected chi connectivity index (χ4v) is 2.52. The summed E-state index contributed by atoms with van der Waals surface area (Å²) in [4.78, 5) is 15.9. The Kier molecular flexibility index (Phi) is 5.69. The lowest BCUT2D eigenvalue weighted by Gasteiger charge is -2.22. The lowest BCUT2D eigenvalue weighted by Crippen LogP contribution is -2.16. The van der Waals surface area contributed by atoms with Crippen LogP contribution in [0.5, 0.6) is 5.75 Å². The molecule has 116 valence electrons.